The van der Waals surface area contributed by atoms with Crippen LogP contribution in [0.15, 0.2) is 30.3 Å². The number of nitrogens with zero attached hydrogens (tertiary/aromatic N) is 1. The Morgan fingerprint density at radius 1 is 1.30 bits per heavy atom. The van der Waals surface area contributed by atoms with Gasteiger partial charge in [0.25, 0.3) is 0 Å². The fraction of sp³-hybridized carbons (Fsp3) is 0.571. The first-order valence-electron chi connectivity index (χ1n) is 6.87. The summed E-state index contributed by atoms with van der Waals surface area (Å²) in [6.07, 6.45) is 1.53. The number of alkyl halides is 1. The number of piperidine rings is 1. The van der Waals surface area contributed by atoms with Gasteiger partial charge in [-0.2, -0.15) is 4.31 Å². The molecule has 0 amide bonds. The van der Waals surface area contributed by atoms with Crippen LogP contribution in [0.2, 0.25) is 0 Å². The molecule has 1 saturated heterocycles. The van der Waals surface area contributed by atoms with Crippen LogP contribution in [0.25, 0.3) is 0 Å². The van der Waals surface area contributed by atoms with Crippen molar-refractivity contribution in [1.82, 2.24) is 4.31 Å². The lowest BCUT2D eigenvalue weighted by molar-refractivity contribution is 0.129. The first kappa shape index (κ1) is 15.3. The van der Waals surface area contributed by atoms with Gasteiger partial charge in [0.2, 0.25) is 10.0 Å². The van der Waals surface area contributed by atoms with Gasteiger partial charge in [0, 0.05) is 6.54 Å². The highest BCUT2D eigenvalue weighted by molar-refractivity contribution is 7.89. The summed E-state index contributed by atoms with van der Waals surface area (Å²) in [5, 5.41) is 0. The third-order valence-corrected chi connectivity index (χ3v) is 5.24. The van der Waals surface area contributed by atoms with E-state index in [9.17, 15) is 12.8 Å². The van der Waals surface area contributed by atoms with Gasteiger partial charge in [-0.1, -0.05) is 18.2 Å². The number of rotatable bonds is 6. The van der Waals surface area contributed by atoms with E-state index in [0.29, 0.717) is 13.1 Å². The molecule has 1 aromatic carbocycles. The molecule has 1 aliphatic heterocycles. The van der Waals surface area contributed by atoms with Gasteiger partial charge in [-0.15, -0.1) is 0 Å². The van der Waals surface area contributed by atoms with Crippen molar-refractivity contribution in [2.75, 3.05) is 25.5 Å². The molecule has 0 unspecified atom stereocenters. The molecule has 0 spiro atoms. The van der Waals surface area contributed by atoms with Crippen LogP contribution >= 0.6 is 0 Å². The minimum absolute atomic E-state index is 0.0586. The van der Waals surface area contributed by atoms with Crippen LogP contribution in [-0.2, 0) is 10.0 Å². The molecule has 1 aliphatic rings. The predicted octanol–water partition coefficient (Wildman–Crippen LogP) is 2.22. The molecule has 2 rings (SSSR count). The smallest absolute Gasteiger partial charge is 0.214 e. The normalized spacial score (nSPS) is 20.8. The summed E-state index contributed by atoms with van der Waals surface area (Å²) in [5.74, 6) is 0.627. The van der Waals surface area contributed by atoms with Crippen LogP contribution < -0.4 is 4.74 Å². The van der Waals surface area contributed by atoms with E-state index in [1.54, 1.807) is 0 Å². The van der Waals surface area contributed by atoms with Crippen LogP contribution in [0, 0.1) is 0 Å². The number of hydrogen-bond donors (Lipinski definition) is 0. The number of halogens is 1. The van der Waals surface area contributed by atoms with Gasteiger partial charge in [0.15, 0.2) is 0 Å². The van der Waals surface area contributed by atoms with Gasteiger partial charge in [-0.05, 0) is 31.4 Å². The molecule has 1 aromatic rings. The molecule has 1 heterocycles. The summed E-state index contributed by atoms with van der Waals surface area (Å²) in [6.45, 7) is 0.254. The summed E-state index contributed by atoms with van der Waals surface area (Å²) in [5.41, 5.74) is 0. The number of ether oxygens (including phenoxy) is 1. The Kier molecular flexibility index (Phi) is 5.37. The Morgan fingerprint density at radius 3 is 2.75 bits per heavy atom. The maximum absolute atomic E-state index is 12.1. The summed E-state index contributed by atoms with van der Waals surface area (Å²) < 4.78 is 43.5. The highest BCUT2D eigenvalue weighted by atomic mass is 32.2. The fourth-order valence-electron chi connectivity index (χ4n) is 2.31. The standard InChI is InChI=1S/C14H20FNO3S/c15-9-5-11-20(17,18)16-10-4-8-14(12-16)19-13-6-2-1-3-7-13/h1-3,6-7,14H,4-5,8-12H2/t14-/m1/s1. The molecule has 0 saturated carbocycles. The molecule has 4 nitrogen and oxygen atoms in total. The Bertz CT molecular complexity index is 506. The Labute approximate surface area is 119 Å². The third-order valence-electron chi connectivity index (χ3n) is 3.32. The summed E-state index contributed by atoms with van der Waals surface area (Å²) >= 11 is 0. The van der Waals surface area contributed by atoms with Crippen molar-refractivity contribution in [3.63, 3.8) is 0 Å². The van der Waals surface area contributed by atoms with E-state index in [-0.39, 0.29) is 18.3 Å². The topological polar surface area (TPSA) is 46.6 Å². The summed E-state index contributed by atoms with van der Waals surface area (Å²) in [6, 6.07) is 9.39. The van der Waals surface area contributed by atoms with Crippen molar-refractivity contribution >= 4 is 10.0 Å². The average Bonchev–Trinajstić information content (AvgIpc) is 2.47. The van der Waals surface area contributed by atoms with Gasteiger partial charge in [0.05, 0.1) is 19.0 Å². The zero-order chi connectivity index (χ0) is 14.4. The largest absolute Gasteiger partial charge is 0.489 e. The van der Waals surface area contributed by atoms with Crippen molar-refractivity contribution < 1.29 is 17.5 Å². The second-order valence-electron chi connectivity index (χ2n) is 4.91. The molecule has 0 aromatic heterocycles. The molecule has 0 radical (unpaired) electrons. The highest BCUT2D eigenvalue weighted by Crippen LogP contribution is 2.20. The zero-order valence-electron chi connectivity index (χ0n) is 11.4. The van der Waals surface area contributed by atoms with Crippen molar-refractivity contribution in [1.29, 1.82) is 0 Å². The van der Waals surface area contributed by atoms with E-state index >= 15 is 0 Å². The molecule has 20 heavy (non-hydrogen) atoms. The molecule has 6 heteroatoms. The molecule has 0 aliphatic carbocycles. The Morgan fingerprint density at radius 2 is 2.05 bits per heavy atom. The van der Waals surface area contributed by atoms with Crippen LogP contribution in [0.3, 0.4) is 0 Å². The van der Waals surface area contributed by atoms with E-state index in [2.05, 4.69) is 0 Å². The number of hydrogen-bond acceptors (Lipinski definition) is 3. The van der Waals surface area contributed by atoms with Crippen molar-refractivity contribution in [3.05, 3.63) is 30.3 Å². The molecular formula is C14H20FNO3S. The minimum atomic E-state index is -3.36. The number of sulfonamides is 1. The zero-order valence-corrected chi connectivity index (χ0v) is 12.2. The van der Waals surface area contributed by atoms with E-state index in [0.717, 1.165) is 18.6 Å². The Balaban J connectivity index is 1.95. The second kappa shape index (κ2) is 7.04. The van der Waals surface area contributed by atoms with E-state index in [4.69, 9.17) is 4.74 Å². The van der Waals surface area contributed by atoms with Crippen LogP contribution in [-0.4, -0.2) is 44.3 Å². The summed E-state index contributed by atoms with van der Waals surface area (Å²) in [7, 11) is -3.36. The van der Waals surface area contributed by atoms with Crippen LogP contribution in [0.5, 0.6) is 5.75 Å². The predicted molar refractivity (Wildman–Crippen MR) is 76.0 cm³/mol. The van der Waals surface area contributed by atoms with Gasteiger partial charge in [-0.25, -0.2) is 8.42 Å². The van der Waals surface area contributed by atoms with Crippen molar-refractivity contribution in [2.45, 2.75) is 25.4 Å². The lowest BCUT2D eigenvalue weighted by Gasteiger charge is -2.32. The quantitative estimate of drug-likeness (QED) is 0.809. The van der Waals surface area contributed by atoms with Gasteiger partial charge in [0.1, 0.15) is 11.9 Å². The molecule has 0 bridgehead atoms. The van der Waals surface area contributed by atoms with Crippen LogP contribution in [0.1, 0.15) is 19.3 Å². The first-order chi connectivity index (χ1) is 9.62. The van der Waals surface area contributed by atoms with Gasteiger partial charge < -0.3 is 4.74 Å². The van der Waals surface area contributed by atoms with Crippen molar-refractivity contribution in [2.24, 2.45) is 0 Å². The van der Waals surface area contributed by atoms with E-state index in [1.807, 2.05) is 30.3 Å². The van der Waals surface area contributed by atoms with Gasteiger partial charge >= 0.3 is 0 Å². The number of para-hydroxylation sites is 1. The SMILES string of the molecule is O=S(=O)(CCCF)N1CCC[C@@H](Oc2ccccc2)C1. The maximum atomic E-state index is 12.1. The highest BCUT2D eigenvalue weighted by Gasteiger charge is 2.29. The second-order valence-corrected chi connectivity index (χ2v) is 7.00. The molecule has 1 atom stereocenters. The summed E-state index contributed by atoms with van der Waals surface area (Å²) in [4.78, 5) is 0. The Hall–Kier alpha value is -1.14. The monoisotopic (exact) mass is 301 g/mol. The lowest BCUT2D eigenvalue weighted by atomic mass is 10.1. The fourth-order valence-corrected chi connectivity index (χ4v) is 3.84. The van der Waals surface area contributed by atoms with E-state index in [1.165, 1.54) is 4.31 Å². The number of benzene rings is 1. The molecule has 0 N–H and O–H groups in total. The lowest BCUT2D eigenvalue weighted by Crippen LogP contribution is -2.45. The van der Waals surface area contributed by atoms with E-state index < -0.39 is 16.7 Å². The first-order valence-corrected chi connectivity index (χ1v) is 8.48. The molecular weight excluding hydrogens is 281 g/mol. The maximum Gasteiger partial charge on any atom is 0.214 e. The van der Waals surface area contributed by atoms with Crippen molar-refractivity contribution in [3.8, 4) is 5.75 Å². The molecule has 1 fully saturated rings. The molecule has 112 valence electrons. The third kappa shape index (κ3) is 4.18. The average molecular weight is 301 g/mol. The minimum Gasteiger partial charge on any atom is -0.489 e. The van der Waals surface area contributed by atoms with Crippen LogP contribution in [0.4, 0.5) is 4.39 Å². The van der Waals surface area contributed by atoms with Gasteiger partial charge in [-0.3, -0.25) is 4.39 Å².